The molecule has 3 aromatic carbocycles. The van der Waals surface area contributed by atoms with Crippen molar-refractivity contribution in [3.63, 3.8) is 0 Å². The minimum atomic E-state index is -1.14. The minimum absolute atomic E-state index is 0.0784. The number of nitrogens with one attached hydrogen (secondary N) is 2. The fraction of sp³-hybridized carbons (Fsp3) is 0.343. The SMILES string of the molecule is CC(C)(C)OC(=O)C(Cc1ccc(NC(=O)CCNc2cccc3c2C(=O)c2ccccc2C3=O)cc1)C(=O)OC(C)(C)C. The van der Waals surface area contributed by atoms with Gasteiger partial charge in [-0.25, -0.2) is 0 Å². The number of carbonyl (C=O) groups is 5. The largest absolute Gasteiger partial charge is 0.459 e. The van der Waals surface area contributed by atoms with Crippen molar-refractivity contribution in [2.24, 2.45) is 5.92 Å². The van der Waals surface area contributed by atoms with Crippen LogP contribution in [0.3, 0.4) is 0 Å². The normalized spacial score (nSPS) is 12.7. The van der Waals surface area contributed by atoms with E-state index in [1.54, 1.807) is 108 Å². The number of ketones is 2. The zero-order valence-corrected chi connectivity index (χ0v) is 25.9. The van der Waals surface area contributed by atoms with Gasteiger partial charge in [-0.1, -0.05) is 48.5 Å². The van der Waals surface area contributed by atoms with Gasteiger partial charge in [0.05, 0.1) is 5.56 Å². The number of rotatable bonds is 9. The summed E-state index contributed by atoms with van der Waals surface area (Å²) in [6.07, 6.45) is 0.179. The second-order valence-corrected chi connectivity index (χ2v) is 12.7. The quantitative estimate of drug-likeness (QED) is 0.184. The van der Waals surface area contributed by atoms with Crippen LogP contribution in [0.1, 0.15) is 85.4 Å². The van der Waals surface area contributed by atoms with Gasteiger partial charge in [0.15, 0.2) is 17.5 Å². The molecule has 9 heteroatoms. The molecule has 0 aromatic heterocycles. The van der Waals surface area contributed by atoms with Crippen molar-refractivity contribution in [3.8, 4) is 0 Å². The Morgan fingerprint density at radius 1 is 0.705 bits per heavy atom. The van der Waals surface area contributed by atoms with Crippen LogP contribution in [-0.4, -0.2) is 47.2 Å². The molecule has 0 unspecified atom stereocenters. The molecule has 0 aliphatic heterocycles. The lowest BCUT2D eigenvalue weighted by molar-refractivity contribution is -0.174. The van der Waals surface area contributed by atoms with E-state index in [1.165, 1.54) is 0 Å². The van der Waals surface area contributed by atoms with Crippen molar-refractivity contribution in [1.82, 2.24) is 0 Å². The van der Waals surface area contributed by atoms with Gasteiger partial charge in [0, 0.05) is 41.0 Å². The summed E-state index contributed by atoms with van der Waals surface area (Å²) < 4.78 is 10.9. The predicted molar refractivity (Wildman–Crippen MR) is 167 cm³/mol. The van der Waals surface area contributed by atoms with E-state index in [-0.39, 0.29) is 36.9 Å². The first kappa shape index (κ1) is 32.1. The van der Waals surface area contributed by atoms with Crippen LogP contribution in [0.2, 0.25) is 0 Å². The average Bonchev–Trinajstić information content (AvgIpc) is 2.93. The lowest BCUT2D eigenvalue weighted by atomic mass is 9.83. The van der Waals surface area contributed by atoms with E-state index in [4.69, 9.17) is 9.47 Å². The average molecular weight is 599 g/mol. The molecule has 0 heterocycles. The molecular weight excluding hydrogens is 560 g/mol. The van der Waals surface area contributed by atoms with Crippen molar-refractivity contribution in [3.05, 3.63) is 94.5 Å². The van der Waals surface area contributed by atoms with Crippen LogP contribution in [0.4, 0.5) is 11.4 Å². The van der Waals surface area contributed by atoms with Gasteiger partial charge in [0.1, 0.15) is 11.2 Å². The first-order chi connectivity index (χ1) is 20.6. The summed E-state index contributed by atoms with van der Waals surface area (Å²) >= 11 is 0. The molecule has 0 saturated heterocycles. The Morgan fingerprint density at radius 2 is 1.25 bits per heavy atom. The Morgan fingerprint density at radius 3 is 1.82 bits per heavy atom. The van der Waals surface area contributed by atoms with Crippen molar-refractivity contribution in [2.75, 3.05) is 17.2 Å². The summed E-state index contributed by atoms with van der Waals surface area (Å²) in [5.41, 5.74) is 1.60. The molecular formula is C35H38N2O7. The summed E-state index contributed by atoms with van der Waals surface area (Å²) in [6.45, 7) is 10.6. The van der Waals surface area contributed by atoms with E-state index in [9.17, 15) is 24.0 Å². The van der Waals surface area contributed by atoms with Crippen LogP contribution < -0.4 is 10.6 Å². The second kappa shape index (κ2) is 12.8. The Balaban J connectivity index is 1.36. The van der Waals surface area contributed by atoms with Crippen molar-refractivity contribution >= 4 is 40.8 Å². The molecule has 1 aliphatic rings. The van der Waals surface area contributed by atoms with Crippen LogP contribution in [-0.2, 0) is 30.3 Å². The molecule has 4 rings (SSSR count). The number of hydrogen-bond acceptors (Lipinski definition) is 8. The van der Waals surface area contributed by atoms with Gasteiger partial charge in [0.25, 0.3) is 0 Å². The summed E-state index contributed by atoms with van der Waals surface area (Å²) in [5.74, 6) is -3.16. The smallest absolute Gasteiger partial charge is 0.321 e. The van der Waals surface area contributed by atoms with Crippen molar-refractivity contribution in [1.29, 1.82) is 0 Å². The highest BCUT2D eigenvalue weighted by molar-refractivity contribution is 6.30. The van der Waals surface area contributed by atoms with E-state index in [0.717, 1.165) is 0 Å². The van der Waals surface area contributed by atoms with Crippen LogP contribution in [0.25, 0.3) is 0 Å². The molecule has 0 saturated carbocycles. The molecule has 1 aliphatic carbocycles. The number of esters is 2. The summed E-state index contributed by atoms with van der Waals surface area (Å²) in [5, 5.41) is 5.96. The number of hydrogen-bond donors (Lipinski definition) is 2. The zero-order chi connectivity index (χ0) is 32.2. The van der Waals surface area contributed by atoms with Gasteiger partial charge >= 0.3 is 11.9 Å². The zero-order valence-electron chi connectivity index (χ0n) is 25.9. The lowest BCUT2D eigenvalue weighted by Gasteiger charge is -2.26. The van der Waals surface area contributed by atoms with Gasteiger partial charge in [0.2, 0.25) is 5.91 Å². The highest BCUT2D eigenvalue weighted by atomic mass is 16.6. The van der Waals surface area contributed by atoms with E-state index in [2.05, 4.69) is 10.6 Å². The number of anilines is 2. The van der Waals surface area contributed by atoms with Crippen LogP contribution in [0.15, 0.2) is 66.7 Å². The Labute approximate surface area is 257 Å². The molecule has 0 radical (unpaired) electrons. The number of amides is 1. The number of carbonyl (C=O) groups excluding carboxylic acids is 5. The molecule has 3 aromatic rings. The van der Waals surface area contributed by atoms with Gasteiger partial charge in [-0.05, 0) is 71.7 Å². The molecule has 1 amide bonds. The molecule has 9 nitrogen and oxygen atoms in total. The summed E-state index contributed by atoms with van der Waals surface area (Å²) in [4.78, 5) is 64.5. The molecule has 0 spiro atoms. The van der Waals surface area contributed by atoms with E-state index in [1.807, 2.05) is 0 Å². The molecule has 0 fully saturated rings. The number of benzene rings is 3. The Bertz CT molecular complexity index is 1570. The third-order valence-corrected chi connectivity index (χ3v) is 6.68. The standard InChI is InChI=1S/C35H38N2O7/c1-34(2,3)43-32(41)26(33(42)44-35(4,5)6)20-21-14-16-22(17-15-21)37-28(38)18-19-36-27-13-9-12-25-29(27)31(40)24-11-8-7-10-23(24)30(25)39/h7-17,26,36H,18-20H2,1-6H3,(H,37,38). The van der Waals surface area contributed by atoms with Crippen molar-refractivity contribution < 1.29 is 33.4 Å². The maximum Gasteiger partial charge on any atom is 0.321 e. The minimum Gasteiger partial charge on any atom is -0.459 e. The first-order valence-corrected chi connectivity index (χ1v) is 14.5. The summed E-state index contributed by atoms with van der Waals surface area (Å²) in [6, 6.07) is 18.6. The van der Waals surface area contributed by atoms with Gasteiger partial charge in [-0.3, -0.25) is 24.0 Å². The Kier molecular flexibility index (Phi) is 9.37. The van der Waals surface area contributed by atoms with Crippen LogP contribution in [0.5, 0.6) is 0 Å². The maximum atomic E-state index is 13.2. The molecule has 230 valence electrons. The summed E-state index contributed by atoms with van der Waals surface area (Å²) in [7, 11) is 0. The van der Waals surface area contributed by atoms with E-state index in [0.29, 0.717) is 39.2 Å². The van der Waals surface area contributed by atoms with Crippen molar-refractivity contribution in [2.45, 2.75) is 65.6 Å². The monoisotopic (exact) mass is 598 g/mol. The number of fused-ring (bicyclic) bond motifs is 2. The van der Waals surface area contributed by atoms with Gasteiger partial charge < -0.3 is 20.1 Å². The van der Waals surface area contributed by atoms with Gasteiger partial charge in [-0.2, -0.15) is 0 Å². The fourth-order valence-corrected chi connectivity index (χ4v) is 4.80. The van der Waals surface area contributed by atoms with E-state index >= 15 is 0 Å². The lowest BCUT2D eigenvalue weighted by Crippen LogP contribution is -2.38. The number of ether oxygens (including phenoxy) is 2. The predicted octanol–water partition coefficient (Wildman–Crippen LogP) is 5.74. The maximum absolute atomic E-state index is 13.2. The fourth-order valence-electron chi connectivity index (χ4n) is 4.80. The molecule has 0 bridgehead atoms. The molecule has 44 heavy (non-hydrogen) atoms. The first-order valence-electron chi connectivity index (χ1n) is 14.5. The van der Waals surface area contributed by atoms with E-state index < -0.39 is 29.1 Å². The highest BCUT2D eigenvalue weighted by Gasteiger charge is 2.35. The molecule has 2 N–H and O–H groups in total. The Hall–Kier alpha value is -4.79. The third-order valence-electron chi connectivity index (χ3n) is 6.68. The highest BCUT2D eigenvalue weighted by Crippen LogP contribution is 2.32. The second-order valence-electron chi connectivity index (χ2n) is 12.7. The van der Waals surface area contributed by atoms with Crippen LogP contribution in [0, 0.1) is 5.92 Å². The van der Waals surface area contributed by atoms with Crippen LogP contribution >= 0.6 is 0 Å². The topological polar surface area (TPSA) is 128 Å². The molecule has 0 atom stereocenters. The van der Waals surface area contributed by atoms with Gasteiger partial charge in [-0.15, -0.1) is 0 Å². The third kappa shape index (κ3) is 7.98.